The van der Waals surface area contributed by atoms with Crippen LogP contribution in [0.4, 0.5) is 5.69 Å². The first-order valence-corrected chi connectivity index (χ1v) is 5.51. The first-order valence-electron chi connectivity index (χ1n) is 4.01. The third kappa shape index (κ3) is 2.35. The Kier molecular flexibility index (Phi) is 3.82. The van der Waals surface area contributed by atoms with E-state index in [2.05, 4.69) is 15.9 Å². The van der Waals surface area contributed by atoms with Gasteiger partial charge in [-0.1, -0.05) is 27.5 Å². The summed E-state index contributed by atoms with van der Waals surface area (Å²) < 4.78 is 0. The molecule has 1 rings (SSSR count). The van der Waals surface area contributed by atoms with E-state index >= 15 is 0 Å². The van der Waals surface area contributed by atoms with E-state index in [0.29, 0.717) is 11.1 Å². The summed E-state index contributed by atoms with van der Waals surface area (Å²) in [7, 11) is 0. The zero-order chi connectivity index (χ0) is 11.6. The van der Waals surface area contributed by atoms with Gasteiger partial charge in [-0.05, 0) is 19.1 Å². The van der Waals surface area contributed by atoms with Gasteiger partial charge >= 0.3 is 0 Å². The van der Waals surface area contributed by atoms with Gasteiger partial charge in [0.05, 0.1) is 10.3 Å². The summed E-state index contributed by atoms with van der Waals surface area (Å²) in [6, 6.07) is 2.86. The van der Waals surface area contributed by atoms with Crippen LogP contribution < -0.4 is 0 Å². The van der Waals surface area contributed by atoms with Crippen molar-refractivity contribution in [3.05, 3.63) is 38.4 Å². The number of rotatable bonds is 3. The zero-order valence-electron chi connectivity index (χ0n) is 7.79. The number of alkyl halides is 1. The van der Waals surface area contributed by atoms with Gasteiger partial charge in [-0.25, -0.2) is 0 Å². The van der Waals surface area contributed by atoms with Crippen molar-refractivity contribution >= 4 is 39.0 Å². The Morgan fingerprint density at radius 3 is 2.67 bits per heavy atom. The summed E-state index contributed by atoms with van der Waals surface area (Å²) in [5, 5.41) is 10.9. The van der Waals surface area contributed by atoms with Crippen molar-refractivity contribution < 1.29 is 9.72 Å². The molecule has 0 N–H and O–H groups in total. The SMILES string of the molecule is Cc1c(C(=O)CBr)ccc(Cl)c1[N+](=O)[O-]. The van der Waals surface area contributed by atoms with Crippen molar-refractivity contribution in [1.29, 1.82) is 0 Å². The molecule has 0 heterocycles. The molecule has 0 unspecified atom stereocenters. The van der Waals surface area contributed by atoms with E-state index in [-0.39, 0.29) is 21.8 Å². The van der Waals surface area contributed by atoms with Crippen LogP contribution in [0.15, 0.2) is 12.1 Å². The summed E-state index contributed by atoms with van der Waals surface area (Å²) in [6.45, 7) is 1.51. The summed E-state index contributed by atoms with van der Waals surface area (Å²) >= 11 is 8.69. The predicted octanol–water partition coefficient (Wildman–Crippen LogP) is 3.13. The van der Waals surface area contributed by atoms with Crippen LogP contribution in [0.2, 0.25) is 5.02 Å². The number of ketones is 1. The summed E-state index contributed by atoms with van der Waals surface area (Å²) in [6.07, 6.45) is 0. The molecule has 0 atom stereocenters. The van der Waals surface area contributed by atoms with Crippen LogP contribution in [-0.4, -0.2) is 16.0 Å². The Morgan fingerprint density at radius 2 is 2.20 bits per heavy atom. The van der Waals surface area contributed by atoms with Crippen molar-refractivity contribution in [1.82, 2.24) is 0 Å². The highest BCUT2D eigenvalue weighted by atomic mass is 79.9. The molecule has 0 aromatic heterocycles. The van der Waals surface area contributed by atoms with Crippen molar-refractivity contribution in [2.24, 2.45) is 0 Å². The Morgan fingerprint density at radius 1 is 1.60 bits per heavy atom. The number of hydrogen-bond donors (Lipinski definition) is 0. The number of halogens is 2. The average molecular weight is 293 g/mol. The first kappa shape index (κ1) is 12.1. The molecule has 0 bridgehead atoms. The van der Waals surface area contributed by atoms with Crippen LogP contribution in [0.25, 0.3) is 0 Å². The maximum absolute atomic E-state index is 11.4. The molecule has 15 heavy (non-hydrogen) atoms. The molecule has 1 aromatic carbocycles. The number of benzene rings is 1. The number of nitro groups is 1. The quantitative estimate of drug-likeness (QED) is 0.372. The molecule has 0 aliphatic heterocycles. The van der Waals surface area contributed by atoms with Gasteiger partial charge in [-0.2, -0.15) is 0 Å². The molecular formula is C9H7BrClNO3. The Labute approximate surface area is 99.5 Å². The van der Waals surface area contributed by atoms with E-state index in [0.717, 1.165) is 0 Å². The number of nitro benzene ring substituents is 1. The van der Waals surface area contributed by atoms with E-state index in [9.17, 15) is 14.9 Å². The van der Waals surface area contributed by atoms with Crippen LogP contribution in [-0.2, 0) is 0 Å². The van der Waals surface area contributed by atoms with Crippen molar-refractivity contribution in [3.8, 4) is 0 Å². The van der Waals surface area contributed by atoms with E-state index in [1.54, 1.807) is 0 Å². The van der Waals surface area contributed by atoms with E-state index in [1.807, 2.05) is 0 Å². The van der Waals surface area contributed by atoms with Gasteiger partial charge < -0.3 is 0 Å². The smallest absolute Gasteiger partial charge is 0.291 e. The standard InChI is InChI=1S/C9H7BrClNO3/c1-5-6(8(13)4-10)2-3-7(11)9(5)12(14)15/h2-3H,4H2,1H3. The van der Waals surface area contributed by atoms with Crippen LogP contribution in [0.3, 0.4) is 0 Å². The van der Waals surface area contributed by atoms with Crippen LogP contribution >= 0.6 is 27.5 Å². The van der Waals surface area contributed by atoms with Gasteiger partial charge in [0.15, 0.2) is 5.78 Å². The number of hydrogen-bond acceptors (Lipinski definition) is 3. The van der Waals surface area contributed by atoms with Gasteiger partial charge in [0.2, 0.25) is 0 Å². The van der Waals surface area contributed by atoms with Crippen molar-refractivity contribution in [2.45, 2.75) is 6.92 Å². The monoisotopic (exact) mass is 291 g/mol. The van der Waals surface area contributed by atoms with Gasteiger partial charge in [0.1, 0.15) is 5.02 Å². The van der Waals surface area contributed by atoms with Crippen molar-refractivity contribution in [3.63, 3.8) is 0 Å². The summed E-state index contributed by atoms with van der Waals surface area (Å²) in [4.78, 5) is 21.5. The lowest BCUT2D eigenvalue weighted by atomic mass is 10.0. The Bertz CT molecular complexity index is 434. The highest BCUT2D eigenvalue weighted by Crippen LogP contribution is 2.30. The molecule has 0 spiro atoms. The molecule has 0 aliphatic carbocycles. The number of carbonyl (C=O) groups excluding carboxylic acids is 1. The zero-order valence-corrected chi connectivity index (χ0v) is 10.1. The largest absolute Gasteiger partial charge is 0.293 e. The van der Waals surface area contributed by atoms with Gasteiger partial charge in [0.25, 0.3) is 5.69 Å². The van der Waals surface area contributed by atoms with Gasteiger partial charge in [-0.3, -0.25) is 14.9 Å². The third-order valence-corrected chi connectivity index (χ3v) is 2.80. The molecule has 0 fully saturated rings. The lowest BCUT2D eigenvalue weighted by Gasteiger charge is -2.04. The average Bonchev–Trinajstić information content (AvgIpc) is 2.16. The van der Waals surface area contributed by atoms with Gasteiger partial charge in [-0.15, -0.1) is 0 Å². The molecule has 0 saturated carbocycles. The van der Waals surface area contributed by atoms with Crippen LogP contribution in [0.5, 0.6) is 0 Å². The predicted molar refractivity (Wildman–Crippen MR) is 61.0 cm³/mol. The molecule has 0 amide bonds. The molecule has 1 aromatic rings. The van der Waals surface area contributed by atoms with E-state index in [1.165, 1.54) is 19.1 Å². The van der Waals surface area contributed by atoms with Gasteiger partial charge in [0, 0.05) is 11.1 Å². The maximum atomic E-state index is 11.4. The van der Waals surface area contributed by atoms with E-state index < -0.39 is 4.92 Å². The molecule has 4 nitrogen and oxygen atoms in total. The number of carbonyl (C=O) groups is 1. The number of nitrogens with zero attached hydrogens (tertiary/aromatic N) is 1. The minimum Gasteiger partial charge on any atom is -0.293 e. The number of Topliss-reactive ketones (excluding diaryl/α,β-unsaturated/α-hetero) is 1. The molecule has 0 saturated heterocycles. The molecule has 0 aliphatic rings. The minimum absolute atomic E-state index is 0.0450. The second-order valence-electron chi connectivity index (χ2n) is 2.88. The highest BCUT2D eigenvalue weighted by molar-refractivity contribution is 9.09. The van der Waals surface area contributed by atoms with E-state index in [4.69, 9.17) is 11.6 Å². The van der Waals surface area contributed by atoms with Crippen molar-refractivity contribution in [2.75, 3.05) is 5.33 Å². The fourth-order valence-corrected chi connectivity index (χ4v) is 1.84. The lowest BCUT2D eigenvalue weighted by molar-refractivity contribution is -0.385. The summed E-state index contributed by atoms with van der Waals surface area (Å²) in [5.74, 6) is -0.202. The maximum Gasteiger partial charge on any atom is 0.291 e. The second-order valence-corrected chi connectivity index (χ2v) is 3.85. The Balaban J connectivity index is 3.41. The normalized spacial score (nSPS) is 10.1. The fraction of sp³-hybridized carbons (Fsp3) is 0.222. The Hall–Kier alpha value is -0.940. The fourth-order valence-electron chi connectivity index (χ4n) is 1.27. The molecule has 80 valence electrons. The first-order chi connectivity index (χ1) is 6.99. The third-order valence-electron chi connectivity index (χ3n) is 1.99. The second kappa shape index (κ2) is 4.72. The molecule has 6 heteroatoms. The van der Waals surface area contributed by atoms with Crippen LogP contribution in [0.1, 0.15) is 15.9 Å². The molecule has 0 radical (unpaired) electrons. The minimum atomic E-state index is -0.581. The lowest BCUT2D eigenvalue weighted by Crippen LogP contribution is -2.05. The van der Waals surface area contributed by atoms with Crippen LogP contribution in [0, 0.1) is 17.0 Å². The topological polar surface area (TPSA) is 60.2 Å². The molecular weight excluding hydrogens is 285 g/mol. The highest BCUT2D eigenvalue weighted by Gasteiger charge is 2.21. The summed E-state index contributed by atoms with van der Waals surface area (Å²) in [5.41, 5.74) is 0.420.